The number of pyridine rings is 2. The van der Waals surface area contributed by atoms with E-state index < -0.39 is 0 Å². The number of hydrogen-bond donors (Lipinski definition) is 0. The van der Waals surface area contributed by atoms with Gasteiger partial charge in [0.05, 0.1) is 11.2 Å². The summed E-state index contributed by atoms with van der Waals surface area (Å²) < 4.78 is 0.962. The number of anilines is 1. The van der Waals surface area contributed by atoms with Crippen molar-refractivity contribution in [2.45, 2.75) is 13.0 Å². The molecule has 4 rings (SSSR count). The Labute approximate surface area is 131 Å². The Balaban J connectivity index is 1.78. The van der Waals surface area contributed by atoms with E-state index in [1.807, 2.05) is 18.5 Å². The van der Waals surface area contributed by atoms with Crippen LogP contribution < -0.4 is 4.90 Å². The maximum Gasteiger partial charge on any atom is 0.112 e. The number of aromatic nitrogens is 2. The van der Waals surface area contributed by atoms with E-state index in [-0.39, 0.29) is 0 Å². The van der Waals surface area contributed by atoms with Crippen molar-refractivity contribution in [1.29, 1.82) is 0 Å². The lowest BCUT2D eigenvalue weighted by atomic mass is 9.99. The van der Waals surface area contributed by atoms with Crippen LogP contribution in [-0.4, -0.2) is 16.5 Å². The molecule has 104 valence electrons. The minimum absolute atomic E-state index is 0.931. The largest absolute Gasteiger partial charge is 0.365 e. The van der Waals surface area contributed by atoms with Crippen molar-refractivity contribution in [1.82, 2.24) is 9.97 Å². The second-order valence-electron chi connectivity index (χ2n) is 5.29. The van der Waals surface area contributed by atoms with E-state index >= 15 is 0 Å². The first-order valence-electron chi connectivity index (χ1n) is 7.03. The molecular formula is C17H14BrN3. The summed E-state index contributed by atoms with van der Waals surface area (Å²) in [6.07, 6.45) is 4.79. The molecule has 4 heteroatoms. The molecule has 0 fully saturated rings. The SMILES string of the molecule is Brc1cnc2c(N3CCc4ccccc4C3)ccnc2c1. The normalized spacial score (nSPS) is 14.2. The smallest absolute Gasteiger partial charge is 0.112 e. The van der Waals surface area contributed by atoms with E-state index in [1.165, 1.54) is 16.8 Å². The van der Waals surface area contributed by atoms with Crippen molar-refractivity contribution in [2.75, 3.05) is 11.4 Å². The van der Waals surface area contributed by atoms with E-state index in [2.05, 4.69) is 61.1 Å². The molecule has 0 N–H and O–H groups in total. The van der Waals surface area contributed by atoms with Gasteiger partial charge in [-0.3, -0.25) is 9.97 Å². The summed E-state index contributed by atoms with van der Waals surface area (Å²) in [5, 5.41) is 0. The summed E-state index contributed by atoms with van der Waals surface area (Å²) in [5.74, 6) is 0. The van der Waals surface area contributed by atoms with Gasteiger partial charge in [0.2, 0.25) is 0 Å². The molecule has 0 bridgehead atoms. The standard InChI is InChI=1S/C17H14BrN3/c18-14-9-15-17(20-10-14)16(5-7-19-15)21-8-6-12-3-1-2-4-13(12)11-21/h1-5,7,9-10H,6,8,11H2. The first-order chi connectivity index (χ1) is 10.3. The van der Waals surface area contributed by atoms with Crippen LogP contribution in [0, 0.1) is 0 Å². The fourth-order valence-electron chi connectivity index (χ4n) is 2.95. The highest BCUT2D eigenvalue weighted by Gasteiger charge is 2.18. The van der Waals surface area contributed by atoms with Gasteiger partial charge < -0.3 is 4.90 Å². The molecule has 2 aromatic heterocycles. The van der Waals surface area contributed by atoms with Crippen LogP contribution in [0.2, 0.25) is 0 Å². The van der Waals surface area contributed by atoms with E-state index in [1.54, 1.807) is 0 Å². The highest BCUT2D eigenvalue weighted by Crippen LogP contribution is 2.29. The lowest BCUT2D eigenvalue weighted by Crippen LogP contribution is -2.30. The molecule has 0 aliphatic carbocycles. The van der Waals surface area contributed by atoms with Crippen molar-refractivity contribution in [3.63, 3.8) is 0 Å². The zero-order valence-corrected chi connectivity index (χ0v) is 13.0. The van der Waals surface area contributed by atoms with E-state index in [4.69, 9.17) is 0 Å². The molecule has 3 nitrogen and oxygen atoms in total. The van der Waals surface area contributed by atoms with E-state index in [0.29, 0.717) is 0 Å². The second kappa shape index (κ2) is 5.11. The van der Waals surface area contributed by atoms with Gasteiger partial charge in [-0.25, -0.2) is 0 Å². The highest BCUT2D eigenvalue weighted by molar-refractivity contribution is 9.10. The number of halogens is 1. The number of rotatable bonds is 1. The summed E-state index contributed by atoms with van der Waals surface area (Å²) in [6, 6.07) is 12.8. The molecule has 1 aromatic carbocycles. The summed E-state index contributed by atoms with van der Waals surface area (Å²) in [4.78, 5) is 11.4. The summed E-state index contributed by atoms with van der Waals surface area (Å²) in [6.45, 7) is 1.96. The molecule has 21 heavy (non-hydrogen) atoms. The third-order valence-corrected chi connectivity index (χ3v) is 4.43. The lowest BCUT2D eigenvalue weighted by molar-refractivity contribution is 0.733. The minimum Gasteiger partial charge on any atom is -0.365 e. The maximum absolute atomic E-state index is 4.56. The Hall–Kier alpha value is -1.94. The van der Waals surface area contributed by atoms with Gasteiger partial charge in [-0.15, -0.1) is 0 Å². The lowest BCUT2D eigenvalue weighted by Gasteiger charge is -2.31. The Morgan fingerprint density at radius 1 is 1.05 bits per heavy atom. The summed E-state index contributed by atoms with van der Waals surface area (Å²) in [5.41, 5.74) is 5.94. The topological polar surface area (TPSA) is 29.0 Å². The zero-order valence-electron chi connectivity index (χ0n) is 11.5. The maximum atomic E-state index is 4.56. The van der Waals surface area contributed by atoms with Gasteiger partial charge in [0.15, 0.2) is 0 Å². The van der Waals surface area contributed by atoms with Crippen LogP contribution in [-0.2, 0) is 13.0 Å². The molecule has 0 saturated heterocycles. The van der Waals surface area contributed by atoms with Crippen molar-refractivity contribution < 1.29 is 0 Å². The molecule has 1 aliphatic heterocycles. The van der Waals surface area contributed by atoms with Crippen LogP contribution >= 0.6 is 15.9 Å². The Morgan fingerprint density at radius 2 is 1.90 bits per heavy atom. The molecule has 0 amide bonds. The second-order valence-corrected chi connectivity index (χ2v) is 6.21. The molecular weight excluding hydrogens is 326 g/mol. The first-order valence-corrected chi connectivity index (χ1v) is 7.82. The Morgan fingerprint density at radius 3 is 2.81 bits per heavy atom. The minimum atomic E-state index is 0.931. The predicted molar refractivity (Wildman–Crippen MR) is 88.4 cm³/mol. The molecule has 0 saturated carbocycles. The molecule has 3 heterocycles. The highest BCUT2D eigenvalue weighted by atomic mass is 79.9. The van der Waals surface area contributed by atoms with Gasteiger partial charge in [0.1, 0.15) is 5.52 Å². The number of benzene rings is 1. The molecule has 0 radical (unpaired) electrons. The van der Waals surface area contributed by atoms with Gasteiger partial charge in [-0.2, -0.15) is 0 Å². The Bertz CT molecular complexity index is 816. The number of nitrogens with zero attached hydrogens (tertiary/aromatic N) is 3. The van der Waals surface area contributed by atoms with Crippen LogP contribution in [0.4, 0.5) is 5.69 Å². The quantitative estimate of drug-likeness (QED) is 0.672. The van der Waals surface area contributed by atoms with Gasteiger partial charge in [0, 0.05) is 30.0 Å². The van der Waals surface area contributed by atoms with Gasteiger partial charge in [-0.05, 0) is 45.6 Å². The van der Waals surface area contributed by atoms with Crippen LogP contribution in [0.3, 0.4) is 0 Å². The van der Waals surface area contributed by atoms with Crippen LogP contribution in [0.15, 0.2) is 53.3 Å². The van der Waals surface area contributed by atoms with Crippen LogP contribution in [0.25, 0.3) is 11.0 Å². The molecule has 3 aromatic rings. The molecule has 0 spiro atoms. The average Bonchev–Trinajstić information content (AvgIpc) is 2.53. The monoisotopic (exact) mass is 339 g/mol. The van der Waals surface area contributed by atoms with E-state index in [9.17, 15) is 0 Å². The molecule has 0 unspecified atom stereocenters. The number of fused-ring (bicyclic) bond motifs is 2. The first kappa shape index (κ1) is 12.8. The van der Waals surface area contributed by atoms with Gasteiger partial charge >= 0.3 is 0 Å². The molecule has 1 aliphatic rings. The van der Waals surface area contributed by atoms with Crippen molar-refractivity contribution >= 4 is 32.7 Å². The van der Waals surface area contributed by atoms with Crippen molar-refractivity contribution in [2.24, 2.45) is 0 Å². The van der Waals surface area contributed by atoms with Gasteiger partial charge in [-0.1, -0.05) is 24.3 Å². The summed E-state index contributed by atoms with van der Waals surface area (Å²) in [7, 11) is 0. The van der Waals surface area contributed by atoms with Crippen molar-refractivity contribution in [3.8, 4) is 0 Å². The van der Waals surface area contributed by atoms with Crippen molar-refractivity contribution in [3.05, 3.63) is 64.4 Å². The predicted octanol–water partition coefficient (Wildman–Crippen LogP) is 3.96. The van der Waals surface area contributed by atoms with Crippen LogP contribution in [0.5, 0.6) is 0 Å². The zero-order chi connectivity index (χ0) is 14.2. The average molecular weight is 340 g/mol. The fourth-order valence-corrected chi connectivity index (χ4v) is 3.27. The Kier molecular flexibility index (Phi) is 3.11. The third kappa shape index (κ3) is 2.29. The third-order valence-electron chi connectivity index (χ3n) is 3.99. The van der Waals surface area contributed by atoms with Crippen LogP contribution in [0.1, 0.15) is 11.1 Å². The number of hydrogen-bond acceptors (Lipinski definition) is 3. The van der Waals surface area contributed by atoms with Gasteiger partial charge in [0.25, 0.3) is 0 Å². The summed E-state index contributed by atoms with van der Waals surface area (Å²) >= 11 is 3.46. The fraction of sp³-hybridized carbons (Fsp3) is 0.176. The molecule has 0 atom stereocenters. The van der Waals surface area contributed by atoms with E-state index in [0.717, 1.165) is 35.0 Å².